The van der Waals surface area contributed by atoms with Crippen molar-refractivity contribution in [3.8, 4) is 17.2 Å². The Kier molecular flexibility index (Phi) is 4.46. The fourth-order valence-corrected chi connectivity index (χ4v) is 1.33. The Labute approximate surface area is 108 Å². The third-order valence-electron chi connectivity index (χ3n) is 1.99. The number of hydrogen-bond donors (Lipinski definition) is 1. The van der Waals surface area contributed by atoms with E-state index in [9.17, 15) is 14.4 Å². The predicted octanol–water partition coefficient (Wildman–Crippen LogP) is 1.24. The lowest BCUT2D eigenvalue weighted by Crippen LogP contribution is -2.10. The quantitative estimate of drug-likeness (QED) is 0.647. The maximum atomic E-state index is 11.0. The van der Waals surface area contributed by atoms with E-state index in [4.69, 9.17) is 19.3 Å². The predicted molar refractivity (Wildman–Crippen MR) is 62.6 cm³/mol. The van der Waals surface area contributed by atoms with E-state index in [0.29, 0.717) is 0 Å². The molecule has 1 aromatic carbocycles. The second-order valence-electron chi connectivity index (χ2n) is 3.50. The Morgan fingerprint density at radius 2 is 1.53 bits per heavy atom. The Hall–Kier alpha value is -2.57. The van der Waals surface area contributed by atoms with Gasteiger partial charge in [0.05, 0.1) is 12.7 Å². The molecule has 0 amide bonds. The van der Waals surface area contributed by atoms with E-state index in [1.54, 1.807) is 0 Å². The molecule has 0 aromatic heterocycles. The number of esters is 2. The molecule has 0 saturated carbocycles. The molecule has 0 spiro atoms. The average molecular weight is 268 g/mol. The van der Waals surface area contributed by atoms with Crippen LogP contribution in [-0.2, 0) is 9.59 Å². The normalized spacial score (nSPS) is 9.63. The van der Waals surface area contributed by atoms with Crippen LogP contribution >= 0.6 is 0 Å². The van der Waals surface area contributed by atoms with Crippen LogP contribution in [0.4, 0.5) is 0 Å². The van der Waals surface area contributed by atoms with E-state index in [-0.39, 0.29) is 22.8 Å². The first-order chi connectivity index (χ1) is 8.85. The largest absolute Gasteiger partial charge is 0.493 e. The molecular formula is C12H12O7. The molecule has 0 fully saturated rings. The fourth-order valence-electron chi connectivity index (χ4n) is 1.33. The monoisotopic (exact) mass is 268 g/mol. The van der Waals surface area contributed by atoms with Crippen molar-refractivity contribution in [3.63, 3.8) is 0 Å². The van der Waals surface area contributed by atoms with Crippen molar-refractivity contribution in [2.24, 2.45) is 0 Å². The molecule has 7 heteroatoms. The second-order valence-corrected chi connectivity index (χ2v) is 3.50. The zero-order valence-electron chi connectivity index (χ0n) is 10.6. The topological polar surface area (TPSA) is 99.1 Å². The van der Waals surface area contributed by atoms with Gasteiger partial charge in [0.15, 0.2) is 11.5 Å². The smallest absolute Gasteiger partial charge is 0.335 e. The van der Waals surface area contributed by atoms with Crippen LogP contribution in [-0.4, -0.2) is 30.1 Å². The zero-order valence-corrected chi connectivity index (χ0v) is 10.6. The van der Waals surface area contributed by atoms with Crippen LogP contribution in [0.1, 0.15) is 24.2 Å². The highest BCUT2D eigenvalue weighted by molar-refractivity contribution is 5.90. The molecule has 1 aromatic rings. The molecule has 102 valence electrons. The summed E-state index contributed by atoms with van der Waals surface area (Å²) in [5.74, 6) is -2.94. The summed E-state index contributed by atoms with van der Waals surface area (Å²) in [5.41, 5.74) is -0.163. The molecule has 0 atom stereocenters. The van der Waals surface area contributed by atoms with Crippen molar-refractivity contribution in [2.45, 2.75) is 13.8 Å². The number of carboxylic acids is 1. The molecule has 7 nitrogen and oxygen atoms in total. The maximum Gasteiger partial charge on any atom is 0.335 e. The Morgan fingerprint density at radius 1 is 1.00 bits per heavy atom. The summed E-state index contributed by atoms with van der Waals surface area (Å²) in [6, 6.07) is 2.23. The summed E-state index contributed by atoms with van der Waals surface area (Å²) in [7, 11) is 1.27. The average Bonchev–Trinajstić information content (AvgIpc) is 2.29. The van der Waals surface area contributed by atoms with Gasteiger partial charge in [0.2, 0.25) is 5.75 Å². The first-order valence-electron chi connectivity index (χ1n) is 5.17. The molecule has 0 saturated heterocycles. The molecule has 19 heavy (non-hydrogen) atoms. The molecule has 0 aliphatic heterocycles. The Morgan fingerprint density at radius 3 is 1.95 bits per heavy atom. The minimum Gasteiger partial charge on any atom is -0.493 e. The minimum absolute atomic E-state index is 0.0219. The number of benzene rings is 1. The number of aromatic carboxylic acids is 1. The lowest BCUT2D eigenvalue weighted by molar-refractivity contribution is -0.134. The fraction of sp³-hybridized carbons (Fsp3) is 0.250. The van der Waals surface area contributed by atoms with Crippen LogP contribution in [0, 0.1) is 0 Å². The maximum absolute atomic E-state index is 11.0. The van der Waals surface area contributed by atoms with Gasteiger partial charge in [-0.1, -0.05) is 0 Å². The van der Waals surface area contributed by atoms with E-state index >= 15 is 0 Å². The number of hydrogen-bond acceptors (Lipinski definition) is 6. The van der Waals surface area contributed by atoms with E-state index in [1.165, 1.54) is 7.11 Å². The van der Waals surface area contributed by atoms with Crippen molar-refractivity contribution in [3.05, 3.63) is 17.7 Å². The van der Waals surface area contributed by atoms with Crippen LogP contribution in [0.5, 0.6) is 17.2 Å². The summed E-state index contributed by atoms with van der Waals surface area (Å²) in [6.07, 6.45) is 0. The Balaban J connectivity index is 3.42. The summed E-state index contributed by atoms with van der Waals surface area (Å²) < 4.78 is 14.6. The van der Waals surface area contributed by atoms with Crippen molar-refractivity contribution in [1.29, 1.82) is 0 Å². The third-order valence-corrected chi connectivity index (χ3v) is 1.99. The lowest BCUT2D eigenvalue weighted by atomic mass is 10.2. The highest BCUT2D eigenvalue weighted by Crippen LogP contribution is 2.39. The number of methoxy groups -OCH3 is 1. The lowest BCUT2D eigenvalue weighted by Gasteiger charge is -2.13. The second kappa shape index (κ2) is 5.85. The zero-order chi connectivity index (χ0) is 14.6. The summed E-state index contributed by atoms with van der Waals surface area (Å²) >= 11 is 0. The number of ether oxygens (including phenoxy) is 3. The van der Waals surface area contributed by atoms with E-state index in [1.807, 2.05) is 0 Å². The number of rotatable bonds is 4. The van der Waals surface area contributed by atoms with Crippen molar-refractivity contribution in [2.75, 3.05) is 7.11 Å². The van der Waals surface area contributed by atoms with Crippen molar-refractivity contribution < 1.29 is 33.7 Å². The molecule has 1 N–H and O–H groups in total. The number of carbonyl (C=O) groups excluding carboxylic acids is 2. The van der Waals surface area contributed by atoms with Crippen molar-refractivity contribution in [1.82, 2.24) is 0 Å². The van der Waals surface area contributed by atoms with E-state index in [0.717, 1.165) is 26.0 Å². The van der Waals surface area contributed by atoms with Crippen LogP contribution < -0.4 is 14.2 Å². The van der Waals surface area contributed by atoms with Gasteiger partial charge < -0.3 is 19.3 Å². The van der Waals surface area contributed by atoms with Crippen LogP contribution in [0.2, 0.25) is 0 Å². The van der Waals surface area contributed by atoms with Gasteiger partial charge in [-0.05, 0) is 12.1 Å². The number of carboxylic acid groups (broad SMARTS) is 1. The van der Waals surface area contributed by atoms with Gasteiger partial charge >= 0.3 is 17.9 Å². The van der Waals surface area contributed by atoms with Gasteiger partial charge in [0.1, 0.15) is 0 Å². The minimum atomic E-state index is -1.24. The molecule has 0 aliphatic rings. The standard InChI is InChI=1S/C12H12O7/c1-6(13)18-10-5-8(12(15)16)4-9(17-3)11(10)19-7(2)14/h4-5H,1-3H3,(H,15,16). The Bertz CT molecular complexity index is 533. The molecular weight excluding hydrogens is 256 g/mol. The molecule has 0 heterocycles. The van der Waals surface area contributed by atoms with Crippen LogP contribution in [0.3, 0.4) is 0 Å². The van der Waals surface area contributed by atoms with Gasteiger partial charge in [-0.25, -0.2) is 4.79 Å². The van der Waals surface area contributed by atoms with Gasteiger partial charge in [-0.15, -0.1) is 0 Å². The molecule has 1 rings (SSSR count). The van der Waals surface area contributed by atoms with Gasteiger partial charge in [0.25, 0.3) is 0 Å². The van der Waals surface area contributed by atoms with Crippen LogP contribution in [0.25, 0.3) is 0 Å². The van der Waals surface area contributed by atoms with E-state index < -0.39 is 17.9 Å². The van der Waals surface area contributed by atoms with E-state index in [2.05, 4.69) is 0 Å². The molecule has 0 unspecified atom stereocenters. The SMILES string of the molecule is COc1cc(C(=O)O)cc(OC(C)=O)c1OC(C)=O. The number of carbonyl (C=O) groups is 3. The highest BCUT2D eigenvalue weighted by atomic mass is 16.6. The highest BCUT2D eigenvalue weighted by Gasteiger charge is 2.20. The first kappa shape index (κ1) is 14.5. The van der Waals surface area contributed by atoms with Crippen LogP contribution in [0.15, 0.2) is 12.1 Å². The third kappa shape index (κ3) is 3.70. The summed E-state index contributed by atoms with van der Waals surface area (Å²) in [4.78, 5) is 32.9. The van der Waals surface area contributed by atoms with Crippen molar-refractivity contribution >= 4 is 17.9 Å². The van der Waals surface area contributed by atoms with Gasteiger partial charge in [-0.2, -0.15) is 0 Å². The summed E-state index contributed by atoms with van der Waals surface area (Å²) in [5, 5.41) is 8.93. The van der Waals surface area contributed by atoms with Gasteiger partial charge in [-0.3, -0.25) is 9.59 Å². The molecule has 0 radical (unpaired) electrons. The first-order valence-corrected chi connectivity index (χ1v) is 5.17. The molecule has 0 bridgehead atoms. The van der Waals surface area contributed by atoms with Gasteiger partial charge in [0, 0.05) is 13.8 Å². The summed E-state index contributed by atoms with van der Waals surface area (Å²) in [6.45, 7) is 2.29. The molecule has 0 aliphatic carbocycles.